The Kier molecular flexibility index (Phi) is 7.44. The predicted octanol–water partition coefficient (Wildman–Crippen LogP) is 3.21. The van der Waals surface area contributed by atoms with Gasteiger partial charge >= 0.3 is 5.97 Å². The molecule has 0 N–H and O–H groups in total. The van der Waals surface area contributed by atoms with Crippen LogP contribution in [-0.4, -0.2) is 47.4 Å². The quantitative estimate of drug-likeness (QED) is 0.295. The number of Topliss-reactive ketones (excluding diaryl/α,β-unsaturated/α-hetero) is 1. The lowest BCUT2D eigenvalue weighted by Gasteiger charge is -2.17. The first-order chi connectivity index (χ1) is 14.0. The number of fused-ring (bicyclic) bond motifs is 1. The number of aromatic nitrogens is 2. The highest BCUT2D eigenvalue weighted by Crippen LogP contribution is 2.30. The predicted molar refractivity (Wildman–Crippen MR) is 112 cm³/mol. The molecule has 1 aromatic carbocycles. The summed E-state index contributed by atoms with van der Waals surface area (Å²) in [5.41, 5.74) is 0.598. The Morgan fingerprint density at radius 3 is 2.83 bits per heavy atom. The minimum absolute atomic E-state index is 0.175. The van der Waals surface area contributed by atoms with E-state index in [0.717, 1.165) is 25.7 Å². The number of ketones is 1. The third-order valence-corrected chi connectivity index (χ3v) is 6.37. The maximum atomic E-state index is 13.2. The summed E-state index contributed by atoms with van der Waals surface area (Å²) in [4.78, 5) is 42.2. The fourth-order valence-corrected chi connectivity index (χ4v) is 4.72. The van der Waals surface area contributed by atoms with Gasteiger partial charge in [-0.3, -0.25) is 14.2 Å². The van der Waals surface area contributed by atoms with Crippen molar-refractivity contribution in [3.8, 4) is 0 Å². The van der Waals surface area contributed by atoms with E-state index in [1.807, 2.05) is 0 Å². The van der Waals surface area contributed by atoms with Gasteiger partial charge in [0.1, 0.15) is 5.78 Å². The molecule has 0 saturated heterocycles. The second-order valence-corrected chi connectivity index (χ2v) is 8.26. The Hall–Kier alpha value is -2.19. The largest absolute Gasteiger partial charge is 0.465 e. The van der Waals surface area contributed by atoms with E-state index in [1.165, 1.54) is 18.9 Å². The van der Waals surface area contributed by atoms with Crippen LogP contribution < -0.4 is 5.56 Å². The summed E-state index contributed by atoms with van der Waals surface area (Å²) in [6.45, 7) is 0.982. The monoisotopic (exact) mass is 418 g/mol. The Morgan fingerprint density at radius 1 is 1.24 bits per heavy atom. The normalized spacial score (nSPS) is 17.3. The zero-order valence-electron chi connectivity index (χ0n) is 16.8. The van der Waals surface area contributed by atoms with Crippen LogP contribution in [-0.2, 0) is 20.8 Å². The standard InChI is InChI=1S/C21H26N2O5S/c1-27-12-6-11-23-19(25)15-10-9-14(20(26)28-2)13-16(15)22-21(23)29-18-8-5-3-4-7-17(18)24/h9-10,13,18H,3-8,11-12H2,1-2H3. The van der Waals surface area contributed by atoms with Gasteiger partial charge in [-0.1, -0.05) is 24.6 Å². The Labute approximate surface area is 173 Å². The molecule has 1 fully saturated rings. The minimum atomic E-state index is -0.480. The molecule has 8 heteroatoms. The summed E-state index contributed by atoms with van der Waals surface area (Å²) < 4.78 is 11.5. The number of ether oxygens (including phenoxy) is 2. The molecule has 1 atom stereocenters. The number of nitrogens with zero attached hydrogens (tertiary/aromatic N) is 2. The lowest BCUT2D eigenvalue weighted by atomic mass is 10.1. The molecule has 1 aromatic heterocycles. The maximum absolute atomic E-state index is 13.2. The number of methoxy groups -OCH3 is 2. The fourth-order valence-electron chi connectivity index (χ4n) is 3.48. The van der Waals surface area contributed by atoms with E-state index in [2.05, 4.69) is 4.98 Å². The number of hydrogen-bond acceptors (Lipinski definition) is 7. The molecular formula is C21H26N2O5S. The van der Waals surface area contributed by atoms with Crippen molar-refractivity contribution < 1.29 is 19.1 Å². The van der Waals surface area contributed by atoms with E-state index in [9.17, 15) is 14.4 Å². The summed E-state index contributed by atoms with van der Waals surface area (Å²) in [5.74, 6) is -0.264. The van der Waals surface area contributed by atoms with Crippen molar-refractivity contribution in [2.24, 2.45) is 0 Å². The van der Waals surface area contributed by atoms with E-state index >= 15 is 0 Å². The third kappa shape index (κ3) is 5.05. The van der Waals surface area contributed by atoms with E-state index < -0.39 is 5.97 Å². The van der Waals surface area contributed by atoms with Gasteiger partial charge in [0.2, 0.25) is 0 Å². The Bertz CT molecular complexity index is 956. The summed E-state index contributed by atoms with van der Waals surface area (Å²) >= 11 is 1.36. The highest BCUT2D eigenvalue weighted by molar-refractivity contribution is 8.00. The average Bonchev–Trinajstić information content (AvgIpc) is 2.93. The van der Waals surface area contributed by atoms with Gasteiger partial charge in [0, 0.05) is 26.7 Å². The maximum Gasteiger partial charge on any atom is 0.337 e. The van der Waals surface area contributed by atoms with Gasteiger partial charge in [0.25, 0.3) is 5.56 Å². The van der Waals surface area contributed by atoms with Crippen LogP contribution in [0.2, 0.25) is 0 Å². The highest BCUT2D eigenvalue weighted by Gasteiger charge is 2.25. The van der Waals surface area contributed by atoms with E-state index in [4.69, 9.17) is 9.47 Å². The fraction of sp³-hybridized carbons (Fsp3) is 0.524. The molecular weight excluding hydrogens is 392 g/mol. The lowest BCUT2D eigenvalue weighted by Crippen LogP contribution is -2.26. The summed E-state index contributed by atoms with van der Waals surface area (Å²) in [6, 6.07) is 4.74. The lowest BCUT2D eigenvalue weighted by molar-refractivity contribution is -0.118. The van der Waals surface area contributed by atoms with Gasteiger partial charge in [-0.15, -0.1) is 0 Å². The number of thioether (sulfide) groups is 1. The van der Waals surface area contributed by atoms with Gasteiger partial charge in [-0.2, -0.15) is 0 Å². The smallest absolute Gasteiger partial charge is 0.337 e. The van der Waals surface area contributed by atoms with Crippen LogP contribution in [0, 0.1) is 0 Å². The van der Waals surface area contributed by atoms with Crippen molar-refractivity contribution >= 4 is 34.4 Å². The van der Waals surface area contributed by atoms with Crippen LogP contribution in [0.4, 0.5) is 0 Å². The average molecular weight is 419 g/mol. The van der Waals surface area contributed by atoms with Gasteiger partial charge in [-0.05, 0) is 37.5 Å². The van der Waals surface area contributed by atoms with Crippen molar-refractivity contribution in [2.45, 2.75) is 55.5 Å². The molecule has 0 aliphatic heterocycles. The van der Waals surface area contributed by atoms with Gasteiger partial charge in [0.05, 0.1) is 28.8 Å². The van der Waals surface area contributed by atoms with Crippen molar-refractivity contribution in [3.05, 3.63) is 34.1 Å². The highest BCUT2D eigenvalue weighted by atomic mass is 32.2. The topological polar surface area (TPSA) is 87.5 Å². The van der Waals surface area contributed by atoms with Crippen molar-refractivity contribution in [3.63, 3.8) is 0 Å². The summed E-state index contributed by atoms with van der Waals surface area (Å²) in [6.07, 6.45) is 5.00. The van der Waals surface area contributed by atoms with Crippen molar-refractivity contribution in [2.75, 3.05) is 20.8 Å². The van der Waals surface area contributed by atoms with Crippen LogP contribution in [0.3, 0.4) is 0 Å². The first-order valence-corrected chi connectivity index (χ1v) is 10.7. The van der Waals surface area contributed by atoms with Crippen LogP contribution >= 0.6 is 11.8 Å². The van der Waals surface area contributed by atoms with Crippen LogP contribution in [0.5, 0.6) is 0 Å². The van der Waals surface area contributed by atoms with Crippen LogP contribution in [0.15, 0.2) is 28.2 Å². The molecule has 0 radical (unpaired) electrons. The molecule has 2 aromatic rings. The molecule has 29 heavy (non-hydrogen) atoms. The minimum Gasteiger partial charge on any atom is -0.465 e. The van der Waals surface area contributed by atoms with Crippen LogP contribution in [0.25, 0.3) is 10.9 Å². The van der Waals surface area contributed by atoms with Gasteiger partial charge < -0.3 is 9.47 Å². The summed E-state index contributed by atoms with van der Waals surface area (Å²) in [5, 5.41) is 0.756. The third-order valence-electron chi connectivity index (χ3n) is 5.07. The second kappa shape index (κ2) is 10.0. The molecule has 156 valence electrons. The number of benzene rings is 1. The van der Waals surface area contributed by atoms with Crippen molar-refractivity contribution in [1.29, 1.82) is 0 Å². The first kappa shape index (κ1) is 21.5. The van der Waals surface area contributed by atoms with Crippen LogP contribution in [0.1, 0.15) is 48.9 Å². The molecule has 3 rings (SSSR count). The van der Waals surface area contributed by atoms with E-state index in [-0.39, 0.29) is 16.6 Å². The second-order valence-electron chi connectivity index (χ2n) is 7.09. The molecule has 1 heterocycles. The Balaban J connectivity index is 2.04. The van der Waals surface area contributed by atoms with Gasteiger partial charge in [0.15, 0.2) is 5.16 Å². The zero-order chi connectivity index (χ0) is 20.8. The molecule has 1 saturated carbocycles. The number of rotatable bonds is 7. The zero-order valence-corrected chi connectivity index (χ0v) is 17.6. The van der Waals surface area contributed by atoms with E-state index in [1.54, 1.807) is 29.9 Å². The first-order valence-electron chi connectivity index (χ1n) is 9.86. The SMILES string of the molecule is COCCCn1c(SC2CCCCCC2=O)nc2cc(C(=O)OC)ccc2c1=O. The number of esters is 1. The molecule has 1 unspecified atom stereocenters. The molecule has 0 bridgehead atoms. The number of carbonyl (C=O) groups is 2. The van der Waals surface area contributed by atoms with Crippen molar-refractivity contribution in [1.82, 2.24) is 9.55 Å². The molecule has 1 aliphatic carbocycles. The van der Waals surface area contributed by atoms with E-state index in [0.29, 0.717) is 47.6 Å². The Morgan fingerprint density at radius 2 is 2.07 bits per heavy atom. The number of hydrogen-bond donors (Lipinski definition) is 0. The molecule has 7 nitrogen and oxygen atoms in total. The summed E-state index contributed by atoms with van der Waals surface area (Å²) in [7, 11) is 2.93. The van der Waals surface area contributed by atoms with Gasteiger partial charge in [-0.25, -0.2) is 9.78 Å². The molecule has 0 spiro atoms. The molecule has 0 amide bonds. The number of carbonyl (C=O) groups excluding carboxylic acids is 2. The molecule has 1 aliphatic rings.